The Morgan fingerprint density at radius 1 is 1.07 bits per heavy atom. The van der Waals surface area contributed by atoms with Gasteiger partial charge in [-0.15, -0.1) is 0 Å². The largest absolute Gasteiger partial charge is 0.491 e. The lowest BCUT2D eigenvalue weighted by molar-refractivity contribution is 0.242. The molecule has 1 saturated carbocycles. The van der Waals surface area contributed by atoms with Crippen molar-refractivity contribution in [1.82, 2.24) is 0 Å². The first-order valence-corrected chi connectivity index (χ1v) is 11.7. The van der Waals surface area contributed by atoms with E-state index in [4.69, 9.17) is 9.73 Å². The molecule has 28 heavy (non-hydrogen) atoms. The second-order valence-corrected chi connectivity index (χ2v) is 9.91. The zero-order valence-electron chi connectivity index (χ0n) is 17.1. The number of sulfone groups is 1. The molecule has 4 nitrogen and oxygen atoms in total. The van der Waals surface area contributed by atoms with Crippen LogP contribution in [0.25, 0.3) is 0 Å². The summed E-state index contributed by atoms with van der Waals surface area (Å²) in [5.41, 5.74) is 3.59. The molecule has 1 fully saturated rings. The third-order valence-electron chi connectivity index (χ3n) is 5.13. The Morgan fingerprint density at radius 3 is 2.43 bits per heavy atom. The Balaban J connectivity index is 1.68. The molecule has 0 spiro atoms. The SMILES string of the molecule is CC(C)Oc1cccc([C@@H](C)N=C2CCC(c3ccc(S(C)(=O)=O)cc3)C2)c1. The number of hydrogen-bond donors (Lipinski definition) is 0. The standard InChI is InChI=1S/C23H29NO3S/c1-16(2)27-22-7-5-6-19(15-22)17(3)24-21-11-8-20(14-21)18-9-12-23(13-10-18)28(4,25)26/h5-7,9-10,12-13,15-17,20H,8,11,14H2,1-4H3/t17-,20?/m1/s1. The van der Waals surface area contributed by atoms with Gasteiger partial charge in [-0.3, -0.25) is 4.99 Å². The summed E-state index contributed by atoms with van der Waals surface area (Å²) in [5, 5.41) is 0. The summed E-state index contributed by atoms with van der Waals surface area (Å²) in [6.45, 7) is 6.17. The van der Waals surface area contributed by atoms with Crippen LogP contribution in [0.5, 0.6) is 5.75 Å². The number of aliphatic imine (C=N–C) groups is 1. The van der Waals surface area contributed by atoms with E-state index >= 15 is 0 Å². The molecule has 0 saturated heterocycles. The summed E-state index contributed by atoms with van der Waals surface area (Å²) >= 11 is 0. The summed E-state index contributed by atoms with van der Waals surface area (Å²) < 4.78 is 29.0. The van der Waals surface area contributed by atoms with Gasteiger partial charge >= 0.3 is 0 Å². The molecular weight excluding hydrogens is 370 g/mol. The van der Waals surface area contributed by atoms with Crippen LogP contribution in [-0.4, -0.2) is 26.5 Å². The predicted molar refractivity (Wildman–Crippen MR) is 114 cm³/mol. The van der Waals surface area contributed by atoms with Crippen molar-refractivity contribution < 1.29 is 13.2 Å². The van der Waals surface area contributed by atoms with Gasteiger partial charge in [0.1, 0.15) is 5.75 Å². The minimum Gasteiger partial charge on any atom is -0.491 e. The fraction of sp³-hybridized carbons (Fsp3) is 0.435. The van der Waals surface area contributed by atoms with Gasteiger partial charge in [0.05, 0.1) is 17.0 Å². The van der Waals surface area contributed by atoms with E-state index in [9.17, 15) is 8.42 Å². The number of ether oxygens (including phenoxy) is 1. The van der Waals surface area contributed by atoms with Crippen LogP contribution in [0.3, 0.4) is 0 Å². The number of hydrogen-bond acceptors (Lipinski definition) is 4. The predicted octanol–water partition coefficient (Wildman–Crippen LogP) is 5.35. The molecule has 2 atom stereocenters. The second kappa shape index (κ2) is 8.48. The van der Waals surface area contributed by atoms with Crippen molar-refractivity contribution in [3.8, 4) is 5.75 Å². The van der Waals surface area contributed by atoms with E-state index in [1.807, 2.05) is 38.1 Å². The molecule has 1 aliphatic carbocycles. The lowest BCUT2D eigenvalue weighted by atomic mass is 9.98. The highest BCUT2D eigenvalue weighted by molar-refractivity contribution is 7.90. The van der Waals surface area contributed by atoms with Crippen molar-refractivity contribution in [1.29, 1.82) is 0 Å². The quantitative estimate of drug-likeness (QED) is 0.658. The van der Waals surface area contributed by atoms with Gasteiger partial charge in [-0.2, -0.15) is 0 Å². The Morgan fingerprint density at radius 2 is 1.79 bits per heavy atom. The maximum absolute atomic E-state index is 11.6. The molecule has 0 radical (unpaired) electrons. The summed E-state index contributed by atoms with van der Waals surface area (Å²) in [4.78, 5) is 5.34. The van der Waals surface area contributed by atoms with E-state index in [-0.39, 0.29) is 12.1 Å². The molecule has 0 aromatic heterocycles. The van der Waals surface area contributed by atoms with Gasteiger partial charge in [-0.1, -0.05) is 24.3 Å². The van der Waals surface area contributed by atoms with Crippen LogP contribution in [0.4, 0.5) is 0 Å². The Kier molecular flexibility index (Phi) is 6.23. The Hall–Kier alpha value is -2.14. The third-order valence-corrected chi connectivity index (χ3v) is 6.26. The maximum atomic E-state index is 11.6. The molecule has 5 heteroatoms. The Labute approximate surface area is 168 Å². The summed E-state index contributed by atoms with van der Waals surface area (Å²) in [7, 11) is -3.15. The van der Waals surface area contributed by atoms with Crippen molar-refractivity contribution in [2.24, 2.45) is 4.99 Å². The normalized spacial score (nSPS) is 19.9. The first-order chi connectivity index (χ1) is 13.2. The van der Waals surface area contributed by atoms with Crippen LogP contribution in [0, 0.1) is 0 Å². The van der Waals surface area contributed by atoms with Gasteiger partial charge in [0, 0.05) is 12.0 Å². The Bertz CT molecular complexity index is 946. The average molecular weight is 400 g/mol. The molecule has 0 bridgehead atoms. The van der Waals surface area contributed by atoms with Gasteiger partial charge in [0.2, 0.25) is 0 Å². The van der Waals surface area contributed by atoms with E-state index in [1.54, 1.807) is 12.1 Å². The van der Waals surface area contributed by atoms with Gasteiger partial charge in [-0.25, -0.2) is 8.42 Å². The van der Waals surface area contributed by atoms with Crippen LogP contribution < -0.4 is 4.74 Å². The molecule has 2 aromatic carbocycles. The molecular formula is C23H29NO3S. The highest BCUT2D eigenvalue weighted by atomic mass is 32.2. The summed E-state index contributed by atoms with van der Waals surface area (Å²) in [6.07, 6.45) is 4.38. The molecule has 0 N–H and O–H groups in total. The topological polar surface area (TPSA) is 55.7 Å². The molecule has 1 unspecified atom stereocenters. The monoisotopic (exact) mass is 399 g/mol. The first-order valence-electron chi connectivity index (χ1n) is 9.84. The van der Waals surface area contributed by atoms with Gasteiger partial charge in [0.15, 0.2) is 9.84 Å². The second-order valence-electron chi connectivity index (χ2n) is 7.89. The van der Waals surface area contributed by atoms with Gasteiger partial charge in [0.25, 0.3) is 0 Å². The van der Waals surface area contributed by atoms with Crippen LogP contribution in [0.2, 0.25) is 0 Å². The van der Waals surface area contributed by atoms with E-state index in [2.05, 4.69) is 19.1 Å². The van der Waals surface area contributed by atoms with E-state index in [1.165, 1.54) is 17.5 Å². The van der Waals surface area contributed by atoms with Crippen molar-refractivity contribution in [2.45, 2.75) is 63.0 Å². The van der Waals surface area contributed by atoms with Crippen molar-refractivity contribution >= 4 is 15.5 Å². The highest BCUT2D eigenvalue weighted by Gasteiger charge is 2.23. The number of benzene rings is 2. The third kappa shape index (κ3) is 5.22. The van der Waals surface area contributed by atoms with Crippen molar-refractivity contribution in [3.63, 3.8) is 0 Å². The van der Waals surface area contributed by atoms with E-state index < -0.39 is 9.84 Å². The molecule has 0 amide bonds. The molecule has 0 aliphatic heterocycles. The van der Waals surface area contributed by atoms with Crippen LogP contribution in [-0.2, 0) is 9.84 Å². The average Bonchev–Trinajstić information content (AvgIpc) is 3.09. The van der Waals surface area contributed by atoms with Crippen LogP contribution in [0.15, 0.2) is 58.4 Å². The maximum Gasteiger partial charge on any atom is 0.175 e. The summed E-state index contributed by atoms with van der Waals surface area (Å²) in [5.74, 6) is 1.30. The number of rotatable bonds is 6. The van der Waals surface area contributed by atoms with E-state index in [0.29, 0.717) is 10.8 Å². The fourth-order valence-electron chi connectivity index (χ4n) is 3.69. The molecule has 0 heterocycles. The minimum absolute atomic E-state index is 0.0945. The van der Waals surface area contributed by atoms with Crippen molar-refractivity contribution in [3.05, 3.63) is 59.7 Å². The lowest BCUT2D eigenvalue weighted by Crippen LogP contribution is -2.06. The van der Waals surface area contributed by atoms with Crippen molar-refractivity contribution in [2.75, 3.05) is 6.26 Å². The van der Waals surface area contributed by atoms with Crippen LogP contribution >= 0.6 is 0 Å². The molecule has 3 rings (SSSR count). The van der Waals surface area contributed by atoms with Crippen LogP contribution in [0.1, 0.15) is 63.1 Å². The van der Waals surface area contributed by atoms with Gasteiger partial charge < -0.3 is 4.74 Å². The zero-order valence-corrected chi connectivity index (χ0v) is 17.9. The highest BCUT2D eigenvalue weighted by Crippen LogP contribution is 2.34. The molecule has 150 valence electrons. The van der Waals surface area contributed by atoms with E-state index in [0.717, 1.165) is 30.6 Å². The zero-order chi connectivity index (χ0) is 20.3. The summed E-state index contributed by atoms with van der Waals surface area (Å²) in [6, 6.07) is 15.6. The number of nitrogens with zero attached hydrogens (tertiary/aromatic N) is 1. The molecule has 2 aromatic rings. The fourth-order valence-corrected chi connectivity index (χ4v) is 4.32. The first kappa shape index (κ1) is 20.6. The smallest absolute Gasteiger partial charge is 0.175 e. The lowest BCUT2D eigenvalue weighted by Gasteiger charge is -2.13. The molecule has 1 aliphatic rings. The van der Waals surface area contributed by atoms with Gasteiger partial charge in [-0.05, 0) is 81.3 Å². The minimum atomic E-state index is -3.15.